The summed E-state index contributed by atoms with van der Waals surface area (Å²) in [5.41, 5.74) is 7.54. The number of hydrogen-bond acceptors (Lipinski definition) is 7. The lowest BCUT2D eigenvalue weighted by Gasteiger charge is -2.42. The van der Waals surface area contributed by atoms with E-state index in [4.69, 9.17) is 15.1 Å². The van der Waals surface area contributed by atoms with Gasteiger partial charge in [-0.3, -0.25) is 19.0 Å². The number of amides is 3. The second kappa shape index (κ2) is 7.46. The van der Waals surface area contributed by atoms with E-state index in [0.29, 0.717) is 0 Å². The van der Waals surface area contributed by atoms with Crippen LogP contribution in [0.4, 0.5) is 4.79 Å². The summed E-state index contributed by atoms with van der Waals surface area (Å²) in [6.07, 6.45) is -1.23. The molecule has 1 aliphatic heterocycles. The molecule has 0 bridgehead atoms. The van der Waals surface area contributed by atoms with Gasteiger partial charge in [0.15, 0.2) is 0 Å². The van der Waals surface area contributed by atoms with Crippen molar-refractivity contribution in [3.8, 4) is 0 Å². The summed E-state index contributed by atoms with van der Waals surface area (Å²) in [6, 6.07) is 7.38. The summed E-state index contributed by atoms with van der Waals surface area (Å²) in [5.74, 6) is -3.64. The molecule has 0 radical (unpaired) electrons. The Labute approximate surface area is 142 Å². The van der Waals surface area contributed by atoms with Gasteiger partial charge in [0.2, 0.25) is 0 Å². The van der Waals surface area contributed by atoms with Crippen molar-refractivity contribution in [2.45, 2.75) is 12.6 Å². The molecule has 1 saturated heterocycles. The fourth-order valence-corrected chi connectivity index (χ4v) is 3.12. The number of ether oxygens (including phenoxy) is 1. The first-order chi connectivity index (χ1) is 11.7. The molecular weight excluding hydrogens is 358 g/mol. The summed E-state index contributed by atoms with van der Waals surface area (Å²) in [5, 5.41) is 0. The molecule has 4 N–H and O–H groups in total. The van der Waals surface area contributed by atoms with E-state index in [1.807, 2.05) is 5.48 Å². The maximum Gasteiger partial charge on any atom is 0.404 e. The first-order valence-corrected chi connectivity index (χ1v) is 8.30. The molecule has 25 heavy (non-hydrogen) atoms. The van der Waals surface area contributed by atoms with E-state index in [1.54, 1.807) is 30.3 Å². The van der Waals surface area contributed by atoms with E-state index < -0.39 is 46.8 Å². The lowest BCUT2D eigenvalue weighted by Crippen LogP contribution is -2.68. The average Bonchev–Trinajstić information content (AvgIpc) is 2.50. The van der Waals surface area contributed by atoms with Crippen molar-refractivity contribution in [3.05, 3.63) is 35.9 Å². The normalized spacial score (nSPS) is 19.9. The predicted octanol–water partition coefficient (Wildman–Crippen LogP) is -1.04. The van der Waals surface area contributed by atoms with Gasteiger partial charge < -0.3 is 10.5 Å². The van der Waals surface area contributed by atoms with Gasteiger partial charge in [0.25, 0.3) is 11.8 Å². The lowest BCUT2D eigenvalue weighted by molar-refractivity contribution is -0.162. The SMILES string of the molecule is NC(=O)OCC1C(C(=O)NOCc2ccccc2)C(=O)N1S(=O)(=O)O. The van der Waals surface area contributed by atoms with E-state index in [-0.39, 0.29) is 10.9 Å². The molecule has 1 aromatic carbocycles. The zero-order valence-corrected chi connectivity index (χ0v) is 13.5. The van der Waals surface area contributed by atoms with Crippen LogP contribution in [-0.2, 0) is 36.1 Å². The number of primary amides is 1. The molecule has 12 heteroatoms. The Hall–Kier alpha value is -2.70. The number of carbonyl (C=O) groups excluding carboxylic acids is 3. The van der Waals surface area contributed by atoms with Gasteiger partial charge in [-0.05, 0) is 5.56 Å². The molecule has 11 nitrogen and oxygen atoms in total. The number of carbonyl (C=O) groups is 3. The van der Waals surface area contributed by atoms with Crippen LogP contribution in [0.25, 0.3) is 0 Å². The highest BCUT2D eigenvalue weighted by Gasteiger charge is 2.57. The van der Waals surface area contributed by atoms with Crippen LogP contribution in [-0.4, -0.2) is 47.8 Å². The van der Waals surface area contributed by atoms with Crippen molar-refractivity contribution >= 4 is 28.2 Å². The smallest absolute Gasteiger partial charge is 0.404 e. The van der Waals surface area contributed by atoms with Gasteiger partial charge in [-0.25, -0.2) is 14.6 Å². The third kappa shape index (κ3) is 4.43. The minimum Gasteiger partial charge on any atom is -0.447 e. The molecule has 0 aromatic heterocycles. The second-order valence-electron chi connectivity index (χ2n) is 5.03. The molecule has 2 atom stereocenters. The maximum atomic E-state index is 12.0. The standard InChI is InChI=1S/C13H15N3O8S/c14-13(19)23-7-9-10(12(18)16(9)25(20,21)22)11(17)15-24-6-8-4-2-1-3-5-8/h1-5,9-10H,6-7H2,(H2,14,19)(H,15,17)(H,20,21,22). The number of hydroxylamine groups is 1. The van der Waals surface area contributed by atoms with Crippen LogP contribution in [0, 0.1) is 5.92 Å². The summed E-state index contributed by atoms with van der Waals surface area (Å²) in [4.78, 5) is 39.5. The van der Waals surface area contributed by atoms with Gasteiger partial charge in [0.1, 0.15) is 18.6 Å². The molecule has 1 aromatic rings. The zero-order chi connectivity index (χ0) is 18.6. The van der Waals surface area contributed by atoms with E-state index >= 15 is 0 Å². The van der Waals surface area contributed by atoms with E-state index in [0.717, 1.165) is 5.56 Å². The minimum absolute atomic E-state index is 0.0119. The molecule has 3 amide bonds. The van der Waals surface area contributed by atoms with Gasteiger partial charge in [0, 0.05) is 0 Å². The third-order valence-electron chi connectivity index (χ3n) is 3.35. The molecule has 136 valence electrons. The minimum atomic E-state index is -4.91. The number of nitrogens with zero attached hydrogens (tertiary/aromatic N) is 1. The molecule has 2 unspecified atom stereocenters. The van der Waals surface area contributed by atoms with Gasteiger partial charge >= 0.3 is 16.4 Å². The molecule has 0 spiro atoms. The quantitative estimate of drug-likeness (QED) is 0.236. The van der Waals surface area contributed by atoms with Crippen LogP contribution in [0.5, 0.6) is 0 Å². The van der Waals surface area contributed by atoms with Crippen molar-refractivity contribution in [2.75, 3.05) is 6.61 Å². The summed E-state index contributed by atoms with van der Waals surface area (Å²) < 4.78 is 35.8. The lowest BCUT2D eigenvalue weighted by atomic mass is 9.90. The molecule has 1 aliphatic rings. The number of nitrogens with one attached hydrogen (secondary N) is 1. The molecule has 0 saturated carbocycles. The molecule has 0 aliphatic carbocycles. The summed E-state index contributed by atoms with van der Waals surface area (Å²) in [7, 11) is -4.91. The van der Waals surface area contributed by atoms with Crippen LogP contribution in [0.15, 0.2) is 30.3 Å². The van der Waals surface area contributed by atoms with Crippen molar-refractivity contribution < 1.29 is 36.9 Å². The van der Waals surface area contributed by atoms with E-state index in [9.17, 15) is 22.8 Å². The average molecular weight is 373 g/mol. The van der Waals surface area contributed by atoms with Gasteiger partial charge in [0.05, 0.1) is 6.61 Å². The number of rotatable bonds is 7. The van der Waals surface area contributed by atoms with Crippen molar-refractivity contribution in [1.29, 1.82) is 0 Å². The fourth-order valence-electron chi connectivity index (χ4n) is 2.25. The Bertz CT molecular complexity index is 767. The number of hydrogen-bond donors (Lipinski definition) is 3. The van der Waals surface area contributed by atoms with E-state index in [1.165, 1.54) is 0 Å². The monoisotopic (exact) mass is 373 g/mol. The van der Waals surface area contributed by atoms with Crippen LogP contribution in [0.2, 0.25) is 0 Å². The predicted molar refractivity (Wildman–Crippen MR) is 80.6 cm³/mol. The Morgan fingerprint density at radius 1 is 1.28 bits per heavy atom. The van der Waals surface area contributed by atoms with Gasteiger partial charge in [-0.2, -0.15) is 8.42 Å². The highest BCUT2D eigenvalue weighted by Crippen LogP contribution is 2.30. The topological polar surface area (TPSA) is 165 Å². The number of nitrogens with two attached hydrogens (primary N) is 1. The Morgan fingerprint density at radius 2 is 1.92 bits per heavy atom. The molecular formula is C13H15N3O8S. The number of benzene rings is 1. The fraction of sp³-hybridized carbons (Fsp3) is 0.308. The first kappa shape index (κ1) is 18.6. The maximum absolute atomic E-state index is 12.0. The Morgan fingerprint density at radius 3 is 2.48 bits per heavy atom. The highest BCUT2D eigenvalue weighted by atomic mass is 32.2. The summed E-state index contributed by atoms with van der Waals surface area (Å²) >= 11 is 0. The molecule has 1 fully saturated rings. The third-order valence-corrected chi connectivity index (χ3v) is 4.30. The van der Waals surface area contributed by atoms with Crippen molar-refractivity contribution in [3.63, 3.8) is 0 Å². The molecule has 1 heterocycles. The zero-order valence-electron chi connectivity index (χ0n) is 12.7. The Kier molecular flexibility index (Phi) is 5.56. The van der Waals surface area contributed by atoms with Crippen LogP contribution in [0.1, 0.15) is 5.56 Å². The van der Waals surface area contributed by atoms with Crippen LogP contribution in [0.3, 0.4) is 0 Å². The van der Waals surface area contributed by atoms with Gasteiger partial charge in [-0.1, -0.05) is 30.3 Å². The Balaban J connectivity index is 1.98. The first-order valence-electron chi connectivity index (χ1n) is 6.90. The largest absolute Gasteiger partial charge is 0.447 e. The van der Waals surface area contributed by atoms with Crippen molar-refractivity contribution in [1.82, 2.24) is 9.79 Å². The van der Waals surface area contributed by atoms with Crippen LogP contribution < -0.4 is 11.2 Å². The van der Waals surface area contributed by atoms with Gasteiger partial charge in [-0.15, -0.1) is 0 Å². The number of β-lactam (4-membered cyclic amide) rings is 1. The van der Waals surface area contributed by atoms with Crippen LogP contribution >= 0.6 is 0 Å². The molecule has 2 rings (SSSR count). The second-order valence-corrected chi connectivity index (χ2v) is 6.32. The highest BCUT2D eigenvalue weighted by molar-refractivity contribution is 7.84. The van der Waals surface area contributed by atoms with Crippen molar-refractivity contribution in [2.24, 2.45) is 11.7 Å². The van der Waals surface area contributed by atoms with E-state index in [2.05, 4.69) is 4.74 Å². The summed E-state index contributed by atoms with van der Waals surface area (Å²) in [6.45, 7) is -0.671.